The minimum atomic E-state index is -0.355. The maximum absolute atomic E-state index is 9.90. The molecule has 2 heterocycles. The lowest BCUT2D eigenvalue weighted by Crippen LogP contribution is -2.12. The van der Waals surface area contributed by atoms with Gasteiger partial charge < -0.3 is 5.11 Å². The van der Waals surface area contributed by atoms with E-state index in [1.165, 1.54) is 0 Å². The van der Waals surface area contributed by atoms with Gasteiger partial charge in [-0.05, 0) is 37.1 Å². The lowest BCUT2D eigenvalue weighted by molar-refractivity contribution is 0.163. The second kappa shape index (κ2) is 6.11. The van der Waals surface area contributed by atoms with Crippen molar-refractivity contribution in [3.63, 3.8) is 0 Å². The van der Waals surface area contributed by atoms with E-state index in [0.717, 1.165) is 17.8 Å². The molecule has 88 valence electrons. The maximum Gasteiger partial charge on any atom is 0.0599 e. The van der Waals surface area contributed by atoms with Crippen LogP contribution < -0.4 is 0 Å². The Morgan fingerprint density at radius 1 is 0.941 bits per heavy atom. The van der Waals surface area contributed by atoms with E-state index < -0.39 is 0 Å². The van der Waals surface area contributed by atoms with Gasteiger partial charge in [-0.1, -0.05) is 12.1 Å². The predicted molar refractivity (Wildman–Crippen MR) is 66.5 cm³/mol. The molecule has 3 nitrogen and oxygen atoms in total. The van der Waals surface area contributed by atoms with Crippen molar-refractivity contribution < 1.29 is 5.11 Å². The minimum Gasteiger partial charge on any atom is -0.393 e. The Morgan fingerprint density at radius 3 is 2.18 bits per heavy atom. The van der Waals surface area contributed by atoms with Gasteiger partial charge in [0.05, 0.1) is 6.10 Å². The molecule has 1 N–H and O–H groups in total. The molecule has 1 unspecified atom stereocenters. The zero-order chi connectivity index (χ0) is 11.9. The molecule has 0 saturated carbocycles. The number of aromatic nitrogens is 2. The fraction of sp³-hybridized carbons (Fsp3) is 0.286. The molecule has 2 aromatic rings. The third-order valence-corrected chi connectivity index (χ3v) is 2.63. The molecule has 0 aliphatic heterocycles. The van der Waals surface area contributed by atoms with E-state index in [4.69, 9.17) is 0 Å². The van der Waals surface area contributed by atoms with Crippen LogP contribution in [-0.2, 0) is 12.8 Å². The zero-order valence-corrected chi connectivity index (χ0v) is 9.66. The van der Waals surface area contributed by atoms with Gasteiger partial charge in [0, 0.05) is 30.2 Å². The van der Waals surface area contributed by atoms with Crippen LogP contribution in [0.1, 0.15) is 17.8 Å². The molecule has 0 amide bonds. The van der Waals surface area contributed by atoms with Crippen LogP contribution in [0.3, 0.4) is 0 Å². The standard InChI is InChI=1S/C14H16N2O/c17-14(11-13-6-2-4-10-16-13)8-7-12-5-1-3-9-15-12/h1-6,9-10,14,17H,7-8,11H2. The summed E-state index contributed by atoms with van der Waals surface area (Å²) in [6, 6.07) is 11.6. The third-order valence-electron chi connectivity index (χ3n) is 2.63. The Bertz CT molecular complexity index is 430. The predicted octanol–water partition coefficient (Wildman–Crippen LogP) is 2.01. The number of rotatable bonds is 5. The smallest absolute Gasteiger partial charge is 0.0599 e. The van der Waals surface area contributed by atoms with Crippen LogP contribution >= 0.6 is 0 Å². The number of hydrogen-bond donors (Lipinski definition) is 1. The highest BCUT2D eigenvalue weighted by Gasteiger charge is 2.06. The van der Waals surface area contributed by atoms with Crippen LogP contribution in [0.25, 0.3) is 0 Å². The molecule has 17 heavy (non-hydrogen) atoms. The molecule has 2 aromatic heterocycles. The van der Waals surface area contributed by atoms with Gasteiger partial charge in [0.15, 0.2) is 0 Å². The highest BCUT2D eigenvalue weighted by atomic mass is 16.3. The summed E-state index contributed by atoms with van der Waals surface area (Å²) in [5.74, 6) is 0. The summed E-state index contributed by atoms with van der Waals surface area (Å²) in [5.41, 5.74) is 1.95. The fourth-order valence-electron chi connectivity index (χ4n) is 1.72. The lowest BCUT2D eigenvalue weighted by Gasteiger charge is -2.09. The van der Waals surface area contributed by atoms with E-state index in [0.29, 0.717) is 12.8 Å². The highest BCUT2D eigenvalue weighted by molar-refractivity contribution is 5.06. The van der Waals surface area contributed by atoms with Crippen LogP contribution in [0.5, 0.6) is 0 Å². The summed E-state index contributed by atoms with van der Waals surface area (Å²) in [6.07, 6.45) is 5.30. The summed E-state index contributed by atoms with van der Waals surface area (Å²) in [5, 5.41) is 9.90. The summed E-state index contributed by atoms with van der Waals surface area (Å²) in [7, 11) is 0. The number of aliphatic hydroxyl groups is 1. The van der Waals surface area contributed by atoms with Crippen molar-refractivity contribution in [3.8, 4) is 0 Å². The molecular weight excluding hydrogens is 212 g/mol. The van der Waals surface area contributed by atoms with Crippen molar-refractivity contribution in [2.45, 2.75) is 25.4 Å². The van der Waals surface area contributed by atoms with Crippen molar-refractivity contribution >= 4 is 0 Å². The molecule has 0 fully saturated rings. The van der Waals surface area contributed by atoms with E-state index in [1.807, 2.05) is 36.4 Å². The van der Waals surface area contributed by atoms with Gasteiger partial charge in [-0.2, -0.15) is 0 Å². The summed E-state index contributed by atoms with van der Waals surface area (Å²) in [4.78, 5) is 8.43. The Hall–Kier alpha value is -1.74. The molecule has 2 rings (SSSR count). The quantitative estimate of drug-likeness (QED) is 0.851. The van der Waals surface area contributed by atoms with Gasteiger partial charge in [-0.25, -0.2) is 0 Å². The second-order valence-corrected chi connectivity index (χ2v) is 4.04. The minimum absolute atomic E-state index is 0.355. The number of nitrogens with zero attached hydrogens (tertiary/aromatic N) is 2. The highest BCUT2D eigenvalue weighted by Crippen LogP contribution is 2.06. The van der Waals surface area contributed by atoms with Crippen LogP contribution in [0, 0.1) is 0 Å². The van der Waals surface area contributed by atoms with Crippen LogP contribution in [0.15, 0.2) is 48.8 Å². The Morgan fingerprint density at radius 2 is 1.59 bits per heavy atom. The summed E-state index contributed by atoms with van der Waals surface area (Å²) in [6.45, 7) is 0. The number of pyridine rings is 2. The van der Waals surface area contributed by atoms with Gasteiger partial charge in [-0.15, -0.1) is 0 Å². The van der Waals surface area contributed by atoms with Crippen molar-refractivity contribution in [1.82, 2.24) is 9.97 Å². The molecule has 0 aromatic carbocycles. The average molecular weight is 228 g/mol. The van der Waals surface area contributed by atoms with Gasteiger partial charge in [0.2, 0.25) is 0 Å². The van der Waals surface area contributed by atoms with E-state index >= 15 is 0 Å². The average Bonchev–Trinajstić information content (AvgIpc) is 2.39. The Balaban J connectivity index is 1.80. The SMILES string of the molecule is OC(CCc1ccccn1)Cc1ccccn1. The van der Waals surface area contributed by atoms with Crippen molar-refractivity contribution in [2.24, 2.45) is 0 Å². The Labute approximate surface area is 101 Å². The molecular formula is C14H16N2O. The normalized spacial score (nSPS) is 12.3. The van der Waals surface area contributed by atoms with E-state index in [9.17, 15) is 5.11 Å². The number of aliphatic hydroxyl groups excluding tert-OH is 1. The van der Waals surface area contributed by atoms with Gasteiger partial charge >= 0.3 is 0 Å². The van der Waals surface area contributed by atoms with Crippen molar-refractivity contribution in [1.29, 1.82) is 0 Å². The third kappa shape index (κ3) is 3.96. The largest absolute Gasteiger partial charge is 0.393 e. The van der Waals surface area contributed by atoms with E-state index in [-0.39, 0.29) is 6.10 Å². The Kier molecular flexibility index (Phi) is 4.22. The zero-order valence-electron chi connectivity index (χ0n) is 9.66. The molecule has 0 radical (unpaired) electrons. The topological polar surface area (TPSA) is 46.0 Å². The van der Waals surface area contributed by atoms with Crippen LogP contribution in [-0.4, -0.2) is 21.2 Å². The molecule has 0 spiro atoms. The molecule has 0 bridgehead atoms. The molecule has 0 aliphatic carbocycles. The number of hydrogen-bond acceptors (Lipinski definition) is 3. The van der Waals surface area contributed by atoms with E-state index in [1.54, 1.807) is 12.4 Å². The monoisotopic (exact) mass is 228 g/mol. The lowest BCUT2D eigenvalue weighted by atomic mass is 10.1. The maximum atomic E-state index is 9.90. The number of aryl methyl sites for hydroxylation is 1. The summed E-state index contributed by atoms with van der Waals surface area (Å²) >= 11 is 0. The van der Waals surface area contributed by atoms with Gasteiger partial charge in [-0.3, -0.25) is 9.97 Å². The van der Waals surface area contributed by atoms with Crippen LogP contribution in [0.4, 0.5) is 0 Å². The van der Waals surface area contributed by atoms with Gasteiger partial charge in [0.25, 0.3) is 0 Å². The summed E-state index contributed by atoms with van der Waals surface area (Å²) < 4.78 is 0. The second-order valence-electron chi connectivity index (χ2n) is 4.04. The van der Waals surface area contributed by atoms with Crippen molar-refractivity contribution in [3.05, 3.63) is 60.2 Å². The molecule has 3 heteroatoms. The van der Waals surface area contributed by atoms with Crippen molar-refractivity contribution in [2.75, 3.05) is 0 Å². The fourth-order valence-corrected chi connectivity index (χ4v) is 1.72. The van der Waals surface area contributed by atoms with E-state index in [2.05, 4.69) is 9.97 Å². The first-order chi connectivity index (χ1) is 8.34. The molecule has 0 saturated heterocycles. The first-order valence-electron chi connectivity index (χ1n) is 5.82. The first-order valence-corrected chi connectivity index (χ1v) is 5.82. The van der Waals surface area contributed by atoms with Crippen LogP contribution in [0.2, 0.25) is 0 Å². The molecule has 0 aliphatic rings. The van der Waals surface area contributed by atoms with Gasteiger partial charge in [0.1, 0.15) is 0 Å². The molecule has 1 atom stereocenters. The first kappa shape index (κ1) is 11.7.